The molecule has 0 aliphatic heterocycles. The summed E-state index contributed by atoms with van der Waals surface area (Å²) in [6.45, 7) is 2.28. The summed E-state index contributed by atoms with van der Waals surface area (Å²) in [5.74, 6) is 0.745. The summed E-state index contributed by atoms with van der Waals surface area (Å²) in [5.41, 5.74) is 0.530. The summed E-state index contributed by atoms with van der Waals surface area (Å²) in [5, 5.41) is 8.05. The number of rotatable bonds is 3. The summed E-state index contributed by atoms with van der Waals surface area (Å²) >= 11 is 3.56. The molecular weight excluding hydrogens is 294 g/mol. The number of carbonyl (C=O) groups excluding carboxylic acids is 1. The molecule has 2 rings (SSSR count). The number of nitrogens with one attached hydrogen (secondary N) is 1. The molecule has 1 saturated carbocycles. The number of aromatic nitrogens is 2. The van der Waals surface area contributed by atoms with Gasteiger partial charge in [-0.1, -0.05) is 22.9 Å². The second-order valence-electron chi connectivity index (χ2n) is 5.39. The molecule has 0 atom stereocenters. The summed E-state index contributed by atoms with van der Waals surface area (Å²) in [6.07, 6.45) is 6.10. The van der Waals surface area contributed by atoms with Gasteiger partial charge in [-0.3, -0.25) is 9.48 Å². The third-order valence-corrected chi connectivity index (χ3v) is 4.99. The van der Waals surface area contributed by atoms with E-state index in [-0.39, 0.29) is 11.4 Å². The lowest BCUT2D eigenvalue weighted by Crippen LogP contribution is -2.52. The number of alkyl halides is 1. The van der Waals surface area contributed by atoms with Crippen LogP contribution in [0.25, 0.3) is 0 Å². The van der Waals surface area contributed by atoms with Crippen molar-refractivity contribution in [2.45, 2.75) is 38.1 Å². The molecule has 18 heavy (non-hydrogen) atoms. The van der Waals surface area contributed by atoms with Crippen LogP contribution >= 0.6 is 15.9 Å². The van der Waals surface area contributed by atoms with E-state index in [1.54, 1.807) is 24.0 Å². The molecule has 5 heteroatoms. The number of halogens is 1. The summed E-state index contributed by atoms with van der Waals surface area (Å²) in [6, 6.07) is 1.75. The number of carbonyl (C=O) groups is 1. The van der Waals surface area contributed by atoms with E-state index >= 15 is 0 Å². The average molecular weight is 314 g/mol. The van der Waals surface area contributed by atoms with Gasteiger partial charge in [0.25, 0.3) is 5.91 Å². The van der Waals surface area contributed by atoms with Gasteiger partial charge in [0.15, 0.2) is 0 Å². The number of aryl methyl sites for hydroxylation is 1. The van der Waals surface area contributed by atoms with Crippen molar-refractivity contribution in [2.24, 2.45) is 13.0 Å². The van der Waals surface area contributed by atoms with Crippen LogP contribution in [0, 0.1) is 5.92 Å². The molecule has 0 unspecified atom stereocenters. The Hall–Kier alpha value is -0.840. The third-order valence-electron chi connectivity index (χ3n) is 3.92. The predicted octanol–water partition coefficient (Wildman–Crippen LogP) is 2.49. The van der Waals surface area contributed by atoms with Gasteiger partial charge in [0.2, 0.25) is 0 Å². The van der Waals surface area contributed by atoms with Crippen LogP contribution in [0.3, 0.4) is 0 Å². The molecule has 1 aromatic rings. The van der Waals surface area contributed by atoms with E-state index in [2.05, 4.69) is 33.3 Å². The second-order valence-corrected chi connectivity index (χ2v) is 5.95. The van der Waals surface area contributed by atoms with Crippen LogP contribution in [0.4, 0.5) is 0 Å². The van der Waals surface area contributed by atoms with Gasteiger partial charge < -0.3 is 5.32 Å². The van der Waals surface area contributed by atoms with Crippen molar-refractivity contribution in [3.05, 3.63) is 18.0 Å². The monoisotopic (exact) mass is 313 g/mol. The minimum atomic E-state index is -0.0894. The van der Waals surface area contributed by atoms with Gasteiger partial charge >= 0.3 is 0 Å². The second kappa shape index (κ2) is 5.43. The van der Waals surface area contributed by atoms with Crippen molar-refractivity contribution in [3.63, 3.8) is 0 Å². The molecule has 0 radical (unpaired) electrons. The number of hydrogen-bond acceptors (Lipinski definition) is 2. The largest absolute Gasteiger partial charge is 0.344 e. The van der Waals surface area contributed by atoms with Gasteiger partial charge in [-0.15, -0.1) is 0 Å². The minimum Gasteiger partial charge on any atom is -0.344 e. The quantitative estimate of drug-likeness (QED) is 0.871. The SMILES string of the molecule is CC1CCC(CBr)(NC(=O)c2ccnn2C)CC1. The standard InChI is InChI=1S/C13H20BrN3O/c1-10-3-6-13(9-14,7-4-10)16-12(18)11-5-8-15-17(11)2/h5,8,10H,3-4,6-7,9H2,1-2H3,(H,16,18). The summed E-state index contributed by atoms with van der Waals surface area (Å²) < 4.78 is 1.61. The topological polar surface area (TPSA) is 46.9 Å². The average Bonchev–Trinajstić information content (AvgIpc) is 2.79. The Balaban J connectivity index is 2.07. The van der Waals surface area contributed by atoms with Crippen LogP contribution in [0.1, 0.15) is 43.1 Å². The maximum absolute atomic E-state index is 12.2. The fourth-order valence-electron chi connectivity index (χ4n) is 2.51. The zero-order valence-electron chi connectivity index (χ0n) is 10.9. The van der Waals surface area contributed by atoms with Gasteiger partial charge in [-0.2, -0.15) is 5.10 Å². The van der Waals surface area contributed by atoms with Crippen molar-refractivity contribution in [2.75, 3.05) is 5.33 Å². The molecular formula is C13H20BrN3O. The zero-order valence-corrected chi connectivity index (χ0v) is 12.5. The normalized spacial score (nSPS) is 28.1. The zero-order chi connectivity index (χ0) is 13.2. The van der Waals surface area contributed by atoms with Gasteiger partial charge in [0.05, 0.1) is 5.54 Å². The van der Waals surface area contributed by atoms with Crippen LogP contribution in [-0.2, 0) is 7.05 Å². The molecule has 4 nitrogen and oxygen atoms in total. The van der Waals surface area contributed by atoms with Crippen molar-refractivity contribution < 1.29 is 4.79 Å². The predicted molar refractivity (Wildman–Crippen MR) is 74.8 cm³/mol. The lowest BCUT2D eigenvalue weighted by molar-refractivity contribution is 0.0864. The molecule has 1 amide bonds. The Morgan fingerprint density at radius 2 is 2.28 bits per heavy atom. The first kappa shape index (κ1) is 13.6. The molecule has 1 aliphatic rings. The molecule has 100 valence electrons. The number of nitrogens with zero attached hydrogens (tertiary/aromatic N) is 2. The molecule has 0 aromatic carbocycles. The van der Waals surface area contributed by atoms with Crippen molar-refractivity contribution in [1.29, 1.82) is 0 Å². The van der Waals surface area contributed by atoms with Crippen LogP contribution < -0.4 is 5.32 Å². The Bertz CT molecular complexity index is 422. The molecule has 1 heterocycles. The molecule has 1 fully saturated rings. The lowest BCUT2D eigenvalue weighted by atomic mass is 9.78. The molecule has 0 bridgehead atoms. The Labute approximate surface area is 116 Å². The maximum atomic E-state index is 12.2. The van der Waals surface area contributed by atoms with E-state index in [1.165, 1.54) is 12.8 Å². The molecule has 1 N–H and O–H groups in total. The van der Waals surface area contributed by atoms with Crippen LogP contribution in [0.5, 0.6) is 0 Å². The van der Waals surface area contributed by atoms with Crippen molar-refractivity contribution in [1.82, 2.24) is 15.1 Å². The molecule has 1 aromatic heterocycles. The molecule has 0 saturated heterocycles. The summed E-state index contributed by atoms with van der Waals surface area (Å²) in [4.78, 5) is 12.2. The van der Waals surface area contributed by atoms with Crippen LogP contribution in [-0.4, -0.2) is 26.6 Å². The fourth-order valence-corrected chi connectivity index (χ4v) is 3.21. The fraction of sp³-hybridized carbons (Fsp3) is 0.692. The van der Waals surface area contributed by atoms with E-state index in [0.717, 1.165) is 24.1 Å². The number of hydrogen-bond donors (Lipinski definition) is 1. The van der Waals surface area contributed by atoms with Crippen molar-refractivity contribution in [3.8, 4) is 0 Å². The van der Waals surface area contributed by atoms with Gasteiger partial charge in [0, 0.05) is 18.6 Å². The maximum Gasteiger partial charge on any atom is 0.269 e. The van der Waals surface area contributed by atoms with Crippen LogP contribution in [0.2, 0.25) is 0 Å². The lowest BCUT2D eigenvalue weighted by Gasteiger charge is -2.38. The van der Waals surface area contributed by atoms with Crippen molar-refractivity contribution >= 4 is 21.8 Å². The third kappa shape index (κ3) is 2.76. The Kier molecular flexibility index (Phi) is 4.10. The van der Waals surface area contributed by atoms with E-state index in [9.17, 15) is 4.79 Å². The highest BCUT2D eigenvalue weighted by Crippen LogP contribution is 2.33. The van der Waals surface area contributed by atoms with Gasteiger partial charge in [0.1, 0.15) is 5.69 Å². The first-order valence-electron chi connectivity index (χ1n) is 6.43. The first-order chi connectivity index (χ1) is 8.56. The van der Waals surface area contributed by atoms with Crippen LogP contribution in [0.15, 0.2) is 12.3 Å². The minimum absolute atomic E-state index is 0.0241. The molecule has 1 aliphatic carbocycles. The van der Waals surface area contributed by atoms with E-state index in [1.807, 2.05) is 0 Å². The van der Waals surface area contributed by atoms with E-state index < -0.39 is 0 Å². The Morgan fingerprint density at radius 3 is 2.78 bits per heavy atom. The van der Waals surface area contributed by atoms with E-state index in [0.29, 0.717) is 5.69 Å². The highest BCUT2D eigenvalue weighted by atomic mass is 79.9. The van der Waals surface area contributed by atoms with E-state index in [4.69, 9.17) is 0 Å². The molecule has 0 spiro atoms. The first-order valence-corrected chi connectivity index (χ1v) is 7.55. The highest BCUT2D eigenvalue weighted by molar-refractivity contribution is 9.09. The Morgan fingerprint density at radius 1 is 1.61 bits per heavy atom. The smallest absolute Gasteiger partial charge is 0.269 e. The summed E-state index contributed by atoms with van der Waals surface area (Å²) in [7, 11) is 1.79. The van der Waals surface area contributed by atoms with Gasteiger partial charge in [-0.05, 0) is 37.7 Å². The highest BCUT2D eigenvalue weighted by Gasteiger charge is 2.35. The number of amides is 1. The van der Waals surface area contributed by atoms with Gasteiger partial charge in [-0.25, -0.2) is 0 Å².